The first-order valence-corrected chi connectivity index (χ1v) is 14.2. The smallest absolute Gasteiger partial charge is 0.404 e. The van der Waals surface area contributed by atoms with E-state index in [4.69, 9.17) is 20.6 Å². The first kappa shape index (κ1) is 25.5. The lowest BCUT2D eigenvalue weighted by Crippen LogP contribution is -2.39. The Labute approximate surface area is 236 Å². The highest BCUT2D eigenvalue weighted by molar-refractivity contribution is 5.93. The van der Waals surface area contributed by atoms with Crippen molar-refractivity contribution in [3.05, 3.63) is 82.9 Å². The lowest BCUT2D eigenvalue weighted by atomic mass is 9.93. The third kappa shape index (κ3) is 4.67. The third-order valence-electron chi connectivity index (χ3n) is 8.55. The second kappa shape index (κ2) is 9.87. The van der Waals surface area contributed by atoms with E-state index >= 15 is 4.39 Å². The molecule has 7 rings (SSSR count). The molecule has 2 aliphatic heterocycles. The molecule has 1 saturated carbocycles. The molecule has 2 atom stereocenters. The number of nitrogens with zero attached hydrogens (tertiary/aromatic N) is 5. The highest BCUT2D eigenvalue weighted by Crippen LogP contribution is 2.41. The Balaban J connectivity index is 1.18. The van der Waals surface area contributed by atoms with Gasteiger partial charge in [0.05, 0.1) is 18.3 Å². The third-order valence-corrected chi connectivity index (χ3v) is 8.55. The van der Waals surface area contributed by atoms with Gasteiger partial charge in [0, 0.05) is 48.4 Å². The number of aromatic nitrogens is 3. The maximum absolute atomic E-state index is 15.4. The molecule has 0 unspecified atom stereocenters. The van der Waals surface area contributed by atoms with Crippen LogP contribution in [0.5, 0.6) is 0 Å². The number of anilines is 1. The summed E-state index contributed by atoms with van der Waals surface area (Å²) in [4.78, 5) is 33.4. The predicted octanol–water partition coefficient (Wildman–Crippen LogP) is 4.85. The summed E-state index contributed by atoms with van der Waals surface area (Å²) in [6.45, 7) is 3.80. The summed E-state index contributed by atoms with van der Waals surface area (Å²) in [5, 5.41) is 4.74. The van der Waals surface area contributed by atoms with Gasteiger partial charge in [-0.1, -0.05) is 24.3 Å². The second-order valence-corrected chi connectivity index (χ2v) is 11.2. The number of nitrogens with two attached hydrogens (primary N) is 1. The van der Waals surface area contributed by atoms with Crippen LogP contribution in [0.15, 0.2) is 54.6 Å². The van der Waals surface area contributed by atoms with Crippen LogP contribution in [0.3, 0.4) is 0 Å². The van der Waals surface area contributed by atoms with Gasteiger partial charge in [-0.25, -0.2) is 18.7 Å². The molecular formula is C31H31FN6O3. The van der Waals surface area contributed by atoms with Crippen LogP contribution < -0.4 is 10.6 Å². The lowest BCUT2D eigenvalue weighted by Gasteiger charge is -2.35. The van der Waals surface area contributed by atoms with E-state index in [0.29, 0.717) is 60.3 Å². The molecule has 3 aliphatic rings. The van der Waals surface area contributed by atoms with Gasteiger partial charge >= 0.3 is 6.09 Å². The van der Waals surface area contributed by atoms with Crippen LogP contribution in [0.1, 0.15) is 65.5 Å². The number of hydrogen-bond donors (Lipinski definition) is 1. The van der Waals surface area contributed by atoms with E-state index in [1.54, 1.807) is 16.6 Å². The number of carbonyl (C=O) groups is 2. The highest BCUT2D eigenvalue weighted by Gasteiger charge is 2.33. The number of fused-ring (bicyclic) bond motifs is 2. The molecule has 210 valence electrons. The number of primary amides is 1. The normalized spacial score (nSPS) is 20.3. The van der Waals surface area contributed by atoms with Crippen molar-refractivity contribution >= 4 is 23.3 Å². The Morgan fingerprint density at radius 3 is 2.66 bits per heavy atom. The largest absolute Gasteiger partial charge is 0.444 e. The summed E-state index contributed by atoms with van der Waals surface area (Å²) in [5.74, 6) is -0.202. The number of halogens is 1. The molecule has 0 bridgehead atoms. The fourth-order valence-electron chi connectivity index (χ4n) is 6.24. The van der Waals surface area contributed by atoms with Crippen molar-refractivity contribution in [1.82, 2.24) is 19.5 Å². The Hall–Kier alpha value is -4.47. The van der Waals surface area contributed by atoms with E-state index in [1.165, 1.54) is 17.2 Å². The summed E-state index contributed by atoms with van der Waals surface area (Å²) in [6, 6.07) is 16.9. The van der Waals surface area contributed by atoms with Crippen molar-refractivity contribution in [3.63, 3.8) is 0 Å². The van der Waals surface area contributed by atoms with Crippen molar-refractivity contribution in [2.45, 2.75) is 50.7 Å². The molecule has 10 heteroatoms. The van der Waals surface area contributed by atoms with Crippen LogP contribution in [0.2, 0.25) is 0 Å². The quantitative estimate of drug-likeness (QED) is 0.378. The topological polar surface area (TPSA) is 106 Å². The molecule has 0 radical (unpaired) electrons. The average molecular weight is 555 g/mol. The van der Waals surface area contributed by atoms with Gasteiger partial charge in [-0.05, 0) is 61.6 Å². The van der Waals surface area contributed by atoms with Gasteiger partial charge in [-0.15, -0.1) is 0 Å². The van der Waals surface area contributed by atoms with E-state index in [9.17, 15) is 9.59 Å². The molecule has 41 heavy (non-hydrogen) atoms. The minimum absolute atomic E-state index is 0.0452. The van der Waals surface area contributed by atoms with Crippen molar-refractivity contribution in [2.75, 3.05) is 24.5 Å². The monoisotopic (exact) mass is 554 g/mol. The zero-order valence-corrected chi connectivity index (χ0v) is 22.8. The highest BCUT2D eigenvalue weighted by atomic mass is 19.1. The van der Waals surface area contributed by atoms with Crippen LogP contribution in [0.4, 0.5) is 14.9 Å². The molecule has 0 spiro atoms. The maximum Gasteiger partial charge on any atom is 0.404 e. The first-order chi connectivity index (χ1) is 19.9. The molecule has 2 N–H and O–H groups in total. The SMILES string of the molecule is C[C@@H]1c2ccccc2CCN1C(=O)c1cc(C2CC2)n2nc(-c3ccc(N4CC[C@@H](OC(N)=O)C4)cc3F)cc2n1. The van der Waals surface area contributed by atoms with Gasteiger partial charge in [-0.3, -0.25) is 4.79 Å². The lowest BCUT2D eigenvalue weighted by molar-refractivity contribution is 0.0671. The molecule has 1 saturated heterocycles. The van der Waals surface area contributed by atoms with Crippen molar-refractivity contribution in [2.24, 2.45) is 5.73 Å². The predicted molar refractivity (Wildman–Crippen MR) is 151 cm³/mol. The van der Waals surface area contributed by atoms with Gasteiger partial charge in [0.2, 0.25) is 0 Å². The summed E-state index contributed by atoms with van der Waals surface area (Å²) < 4.78 is 22.3. The number of ether oxygens (including phenoxy) is 1. The Kier molecular flexibility index (Phi) is 6.13. The first-order valence-electron chi connectivity index (χ1n) is 14.2. The molecule has 4 heterocycles. The molecule has 2 amide bonds. The fourth-order valence-corrected chi connectivity index (χ4v) is 6.24. The summed E-state index contributed by atoms with van der Waals surface area (Å²) in [7, 11) is 0. The molecule has 1 aliphatic carbocycles. The van der Waals surface area contributed by atoms with E-state index in [-0.39, 0.29) is 18.1 Å². The van der Waals surface area contributed by atoms with Crippen molar-refractivity contribution < 1.29 is 18.7 Å². The van der Waals surface area contributed by atoms with Crippen LogP contribution >= 0.6 is 0 Å². The summed E-state index contributed by atoms with van der Waals surface area (Å²) in [6.07, 6.45) is 2.39. The molecular weight excluding hydrogens is 523 g/mol. The van der Waals surface area contributed by atoms with E-state index in [1.807, 2.05) is 34.1 Å². The number of hydrogen-bond acceptors (Lipinski definition) is 6. The minimum atomic E-state index is -0.801. The zero-order valence-electron chi connectivity index (χ0n) is 22.8. The Bertz CT molecular complexity index is 1680. The Morgan fingerprint density at radius 1 is 1.05 bits per heavy atom. The van der Waals surface area contributed by atoms with Gasteiger partial charge < -0.3 is 20.3 Å². The summed E-state index contributed by atoms with van der Waals surface area (Å²) in [5.41, 5.74) is 11.0. The minimum Gasteiger partial charge on any atom is -0.444 e. The Morgan fingerprint density at radius 2 is 1.88 bits per heavy atom. The van der Waals surface area contributed by atoms with E-state index in [0.717, 1.165) is 25.0 Å². The number of amides is 2. The fraction of sp³-hybridized carbons (Fsp3) is 0.355. The van der Waals surface area contributed by atoms with Gasteiger partial charge in [0.1, 0.15) is 17.6 Å². The van der Waals surface area contributed by atoms with E-state index < -0.39 is 11.9 Å². The molecule has 4 aromatic rings. The molecule has 9 nitrogen and oxygen atoms in total. The second-order valence-electron chi connectivity index (χ2n) is 11.2. The standard InChI is InChI=1S/C31H31FN6O3/c1-18-23-5-3-2-4-19(23)10-13-37(18)30(39)27-15-28(20-6-7-20)38-29(34-27)16-26(35-38)24-9-8-21(14-25(24)32)36-12-11-22(17-36)41-31(33)40/h2-5,8-9,14-16,18,20,22H,6-7,10-13,17H2,1H3,(H2,33,40)/t18-,22-/m1/s1. The van der Waals surface area contributed by atoms with Crippen molar-refractivity contribution in [1.29, 1.82) is 0 Å². The number of benzene rings is 2. The maximum atomic E-state index is 15.4. The molecule has 2 fully saturated rings. The van der Waals surface area contributed by atoms with Crippen LogP contribution in [-0.4, -0.2) is 57.2 Å². The van der Waals surface area contributed by atoms with E-state index in [2.05, 4.69) is 19.1 Å². The number of carbonyl (C=O) groups excluding carboxylic acids is 2. The van der Waals surface area contributed by atoms with Crippen LogP contribution in [-0.2, 0) is 11.2 Å². The van der Waals surface area contributed by atoms with Crippen LogP contribution in [0, 0.1) is 5.82 Å². The average Bonchev–Trinajstić information content (AvgIpc) is 3.55. The van der Waals surface area contributed by atoms with Gasteiger partial charge in [0.25, 0.3) is 5.91 Å². The van der Waals surface area contributed by atoms with Gasteiger partial charge in [-0.2, -0.15) is 5.10 Å². The number of rotatable bonds is 5. The van der Waals surface area contributed by atoms with Gasteiger partial charge in [0.15, 0.2) is 5.65 Å². The van der Waals surface area contributed by atoms with Crippen molar-refractivity contribution in [3.8, 4) is 11.3 Å². The summed E-state index contributed by atoms with van der Waals surface area (Å²) >= 11 is 0. The molecule has 2 aromatic heterocycles. The van der Waals surface area contributed by atoms with Crippen LogP contribution in [0.25, 0.3) is 16.9 Å². The molecule has 2 aromatic carbocycles. The zero-order chi connectivity index (χ0) is 28.2.